The highest BCUT2D eigenvalue weighted by atomic mass is 19.1. The van der Waals surface area contributed by atoms with Gasteiger partial charge < -0.3 is 14.8 Å². The number of nitrogens with zero attached hydrogens (tertiary/aromatic N) is 4. The van der Waals surface area contributed by atoms with Crippen molar-refractivity contribution in [1.29, 1.82) is 0 Å². The zero-order chi connectivity index (χ0) is 31.6. The SMILES string of the molecule is C#Cc1c(F)ccc2cc(OC=O)cc(-c3ncc4c(C5C[C@H]6CC[C@@H](C5)N6)nc(OC[C@@]56CCCN5C[C@H](F)C6)nc4c3F)c12. The molecule has 2 aromatic heterocycles. The first-order valence-corrected chi connectivity index (χ1v) is 15.8. The van der Waals surface area contributed by atoms with E-state index < -0.39 is 23.3 Å². The maximum Gasteiger partial charge on any atom is 0.317 e. The highest BCUT2D eigenvalue weighted by molar-refractivity contribution is 6.02. The molecular formula is C35H32F3N5O3. The Morgan fingerprint density at radius 3 is 2.78 bits per heavy atom. The van der Waals surface area contributed by atoms with E-state index in [-0.39, 0.29) is 58.5 Å². The number of fused-ring (bicyclic) bond motifs is 5. The van der Waals surface area contributed by atoms with E-state index in [1.165, 1.54) is 24.3 Å². The molecule has 5 atom stereocenters. The summed E-state index contributed by atoms with van der Waals surface area (Å²) in [5.74, 6) is 1.13. The minimum atomic E-state index is -0.917. The Kier molecular flexibility index (Phi) is 7.10. The molecule has 0 spiro atoms. The third-order valence-electron chi connectivity index (χ3n) is 10.4. The number of rotatable bonds is 7. The molecule has 46 heavy (non-hydrogen) atoms. The van der Waals surface area contributed by atoms with Crippen LogP contribution in [0, 0.1) is 24.0 Å². The van der Waals surface area contributed by atoms with Crippen LogP contribution in [0.5, 0.6) is 11.8 Å². The molecule has 1 unspecified atom stereocenters. The summed E-state index contributed by atoms with van der Waals surface area (Å²) in [6.45, 7) is 1.67. The summed E-state index contributed by atoms with van der Waals surface area (Å²) >= 11 is 0. The van der Waals surface area contributed by atoms with Gasteiger partial charge in [0, 0.05) is 53.5 Å². The summed E-state index contributed by atoms with van der Waals surface area (Å²) in [7, 11) is 0. The lowest BCUT2D eigenvalue weighted by Crippen LogP contribution is -2.43. The molecule has 0 amide bonds. The maximum absolute atomic E-state index is 16.9. The van der Waals surface area contributed by atoms with Gasteiger partial charge in [-0.15, -0.1) is 6.42 Å². The Labute approximate surface area is 263 Å². The molecular weight excluding hydrogens is 595 g/mol. The number of nitrogens with one attached hydrogen (secondary N) is 1. The van der Waals surface area contributed by atoms with Crippen molar-refractivity contribution >= 4 is 28.1 Å². The van der Waals surface area contributed by atoms with Gasteiger partial charge in [-0.2, -0.15) is 9.97 Å². The number of benzene rings is 2. The van der Waals surface area contributed by atoms with Crippen LogP contribution in [0.4, 0.5) is 13.2 Å². The summed E-state index contributed by atoms with van der Waals surface area (Å²) in [6.07, 6.45) is 12.3. The number of terminal acetylenes is 1. The van der Waals surface area contributed by atoms with Crippen LogP contribution < -0.4 is 14.8 Å². The molecule has 0 saturated carbocycles. The molecule has 0 aliphatic carbocycles. The number of pyridine rings is 1. The third kappa shape index (κ3) is 4.77. The molecule has 4 aliphatic rings. The van der Waals surface area contributed by atoms with Crippen molar-refractivity contribution in [3.8, 4) is 35.4 Å². The highest BCUT2D eigenvalue weighted by Gasteiger charge is 2.49. The van der Waals surface area contributed by atoms with Gasteiger partial charge in [-0.3, -0.25) is 14.7 Å². The molecule has 6 heterocycles. The maximum atomic E-state index is 16.9. The van der Waals surface area contributed by atoms with E-state index in [4.69, 9.17) is 20.9 Å². The van der Waals surface area contributed by atoms with Gasteiger partial charge in [-0.05, 0) is 68.7 Å². The van der Waals surface area contributed by atoms with Gasteiger partial charge in [-0.25, -0.2) is 13.2 Å². The Balaban J connectivity index is 1.28. The molecule has 236 valence electrons. The second-order valence-electron chi connectivity index (χ2n) is 13.1. The molecule has 2 bridgehead atoms. The number of alkyl halides is 1. The molecule has 4 saturated heterocycles. The van der Waals surface area contributed by atoms with Crippen molar-refractivity contribution in [2.45, 2.75) is 74.7 Å². The number of hydrogen-bond donors (Lipinski definition) is 1. The minimum absolute atomic E-state index is 0.0139. The predicted octanol–water partition coefficient (Wildman–Crippen LogP) is 5.59. The molecule has 4 aromatic rings. The molecule has 0 radical (unpaired) electrons. The lowest BCUT2D eigenvalue weighted by molar-refractivity contribution is -0.120. The quantitative estimate of drug-likeness (QED) is 0.210. The van der Waals surface area contributed by atoms with Crippen molar-refractivity contribution in [3.63, 3.8) is 0 Å². The van der Waals surface area contributed by atoms with Crippen LogP contribution in [-0.4, -0.2) is 69.8 Å². The van der Waals surface area contributed by atoms with Crippen molar-refractivity contribution in [1.82, 2.24) is 25.2 Å². The number of piperidine rings is 1. The summed E-state index contributed by atoms with van der Waals surface area (Å²) in [5.41, 5.74) is 0.219. The van der Waals surface area contributed by atoms with Crippen LogP contribution in [-0.2, 0) is 4.79 Å². The van der Waals surface area contributed by atoms with Gasteiger partial charge in [0.2, 0.25) is 0 Å². The Bertz CT molecular complexity index is 1920. The Morgan fingerprint density at radius 1 is 1.17 bits per heavy atom. The van der Waals surface area contributed by atoms with Crippen LogP contribution >= 0.6 is 0 Å². The van der Waals surface area contributed by atoms with E-state index in [0.717, 1.165) is 45.1 Å². The van der Waals surface area contributed by atoms with Crippen LogP contribution in [0.1, 0.15) is 62.1 Å². The first-order valence-electron chi connectivity index (χ1n) is 15.8. The molecule has 4 aliphatic heterocycles. The molecule has 11 heteroatoms. The lowest BCUT2D eigenvalue weighted by Gasteiger charge is -2.31. The topological polar surface area (TPSA) is 89.5 Å². The van der Waals surface area contributed by atoms with E-state index in [1.54, 1.807) is 6.20 Å². The van der Waals surface area contributed by atoms with Gasteiger partial charge in [0.25, 0.3) is 6.47 Å². The third-order valence-corrected chi connectivity index (χ3v) is 10.4. The monoisotopic (exact) mass is 627 g/mol. The zero-order valence-corrected chi connectivity index (χ0v) is 25.1. The van der Waals surface area contributed by atoms with Crippen molar-refractivity contribution < 1.29 is 27.4 Å². The number of carbonyl (C=O) groups is 1. The van der Waals surface area contributed by atoms with Gasteiger partial charge in [0.1, 0.15) is 35.6 Å². The van der Waals surface area contributed by atoms with E-state index in [0.29, 0.717) is 41.5 Å². The normalized spacial score (nSPS) is 27.2. The molecule has 8 rings (SSSR count). The number of hydrogen-bond acceptors (Lipinski definition) is 8. The average Bonchev–Trinajstić information content (AvgIpc) is 3.70. The van der Waals surface area contributed by atoms with E-state index in [9.17, 15) is 13.6 Å². The summed E-state index contributed by atoms with van der Waals surface area (Å²) in [4.78, 5) is 27.4. The number of aromatic nitrogens is 3. The second-order valence-corrected chi connectivity index (χ2v) is 13.1. The second kappa shape index (κ2) is 11.2. The highest BCUT2D eigenvalue weighted by Crippen LogP contribution is 2.43. The largest absolute Gasteiger partial charge is 0.461 e. The van der Waals surface area contributed by atoms with Gasteiger partial charge in [-0.1, -0.05) is 12.0 Å². The fraction of sp³-hybridized carbons (Fsp3) is 0.429. The molecule has 2 aromatic carbocycles. The molecule has 1 N–H and O–H groups in total. The van der Waals surface area contributed by atoms with E-state index >= 15 is 4.39 Å². The summed E-state index contributed by atoms with van der Waals surface area (Å²) in [6, 6.07) is 6.38. The van der Waals surface area contributed by atoms with Crippen molar-refractivity contribution in [2.24, 2.45) is 0 Å². The van der Waals surface area contributed by atoms with Crippen molar-refractivity contribution in [2.75, 3.05) is 19.7 Å². The first-order chi connectivity index (χ1) is 22.4. The average molecular weight is 628 g/mol. The fourth-order valence-electron chi connectivity index (χ4n) is 8.41. The van der Waals surface area contributed by atoms with Crippen LogP contribution in [0.2, 0.25) is 0 Å². The van der Waals surface area contributed by atoms with E-state index in [2.05, 4.69) is 26.1 Å². The molecule has 4 fully saturated rings. The Morgan fingerprint density at radius 2 is 2.00 bits per heavy atom. The fourth-order valence-corrected chi connectivity index (χ4v) is 8.41. The van der Waals surface area contributed by atoms with Gasteiger partial charge in [0.15, 0.2) is 5.82 Å². The predicted molar refractivity (Wildman–Crippen MR) is 165 cm³/mol. The van der Waals surface area contributed by atoms with E-state index in [1.807, 2.05) is 0 Å². The van der Waals surface area contributed by atoms with Crippen LogP contribution in [0.25, 0.3) is 32.9 Å². The van der Waals surface area contributed by atoms with Crippen LogP contribution in [0.3, 0.4) is 0 Å². The number of halogens is 3. The van der Waals surface area contributed by atoms with Crippen LogP contribution in [0.15, 0.2) is 30.5 Å². The van der Waals surface area contributed by atoms with Crippen molar-refractivity contribution in [3.05, 3.63) is 53.4 Å². The minimum Gasteiger partial charge on any atom is -0.461 e. The zero-order valence-electron chi connectivity index (χ0n) is 25.1. The Hall–Kier alpha value is -4.27. The molecule has 8 nitrogen and oxygen atoms in total. The summed E-state index contributed by atoms with van der Waals surface area (Å²) < 4.78 is 57.7. The lowest BCUT2D eigenvalue weighted by atomic mass is 9.88. The van der Waals surface area contributed by atoms with Gasteiger partial charge >= 0.3 is 6.01 Å². The smallest absolute Gasteiger partial charge is 0.317 e. The first kappa shape index (κ1) is 29.2. The summed E-state index contributed by atoms with van der Waals surface area (Å²) in [5, 5.41) is 4.82. The van der Waals surface area contributed by atoms with Gasteiger partial charge in [0.05, 0.1) is 16.8 Å². The number of carbonyl (C=O) groups excluding carboxylic acids is 1. The standard InChI is InChI=1S/C35H32F3N5O3/c1-2-25-28(37)7-4-19-12-24(46-18-44)13-26(29(19)25)32-30(38)33-27(15-39-32)31(20-10-22-5-6-23(11-20)40-22)41-34(42-33)45-17-35-8-3-9-43(35)16-21(36)14-35/h1,4,7,12-13,15,18,20-23,40H,3,5-6,8-11,14,16-17H2/t20?,21-,22-,23+,35+/m1/s1. The number of ether oxygens (including phenoxy) is 2.